The molecule has 0 aromatic heterocycles. The van der Waals surface area contributed by atoms with Crippen molar-refractivity contribution in [2.24, 2.45) is 5.92 Å². The molecule has 3 heteroatoms. The second-order valence-electron chi connectivity index (χ2n) is 4.83. The predicted octanol–water partition coefficient (Wildman–Crippen LogP) is 2.42. The van der Waals surface area contributed by atoms with Crippen LogP contribution in [0.5, 0.6) is 0 Å². The van der Waals surface area contributed by atoms with E-state index >= 15 is 0 Å². The molecule has 1 saturated heterocycles. The molecule has 1 aromatic rings. The number of likely N-dealkylation sites (tertiary alicyclic amines) is 1. The van der Waals surface area contributed by atoms with Crippen LogP contribution in [0, 0.1) is 5.92 Å². The average Bonchev–Trinajstić information content (AvgIpc) is 2.63. The van der Waals surface area contributed by atoms with Crippen molar-refractivity contribution in [1.29, 1.82) is 0 Å². The number of benzene rings is 1. The van der Waals surface area contributed by atoms with E-state index < -0.39 is 0 Å². The minimum Gasteiger partial charge on any atom is -0.398 e. The topological polar surface area (TPSA) is 46.3 Å². The van der Waals surface area contributed by atoms with Crippen molar-refractivity contribution in [1.82, 2.24) is 4.90 Å². The first-order valence-electron chi connectivity index (χ1n) is 6.32. The fraction of sp³-hybridized carbons (Fsp3) is 0.500. The summed E-state index contributed by atoms with van der Waals surface area (Å²) in [5.74, 6) is 0.809. The molecule has 2 rings (SSSR count). The maximum Gasteiger partial charge on any atom is 0.223 e. The molecule has 1 aromatic carbocycles. The van der Waals surface area contributed by atoms with Crippen molar-refractivity contribution in [3.63, 3.8) is 0 Å². The summed E-state index contributed by atoms with van der Waals surface area (Å²) in [5, 5.41) is 0. The van der Waals surface area contributed by atoms with E-state index in [1.807, 2.05) is 29.2 Å². The Bertz CT molecular complexity index is 403. The standard InChI is InChI=1S/C14H20N2O/c1-2-5-11-8-14(17)16(9-11)10-12-6-3-4-7-13(12)15/h3-4,6-7,11H,2,5,8-10,15H2,1H3. The number of anilines is 1. The van der Waals surface area contributed by atoms with E-state index in [9.17, 15) is 4.79 Å². The number of nitrogens with zero attached hydrogens (tertiary/aromatic N) is 1. The molecular formula is C14H20N2O. The van der Waals surface area contributed by atoms with Crippen molar-refractivity contribution < 1.29 is 4.79 Å². The lowest BCUT2D eigenvalue weighted by atomic mass is 10.0. The summed E-state index contributed by atoms with van der Waals surface area (Å²) in [6.07, 6.45) is 3.01. The van der Waals surface area contributed by atoms with Gasteiger partial charge in [0, 0.05) is 25.2 Å². The first kappa shape index (κ1) is 12.0. The Labute approximate surface area is 103 Å². The van der Waals surface area contributed by atoms with Crippen LogP contribution < -0.4 is 5.73 Å². The van der Waals surface area contributed by atoms with Gasteiger partial charge >= 0.3 is 0 Å². The number of hydrogen-bond acceptors (Lipinski definition) is 2. The zero-order chi connectivity index (χ0) is 12.3. The first-order valence-corrected chi connectivity index (χ1v) is 6.32. The maximum atomic E-state index is 11.9. The fourth-order valence-corrected chi connectivity index (χ4v) is 2.49. The van der Waals surface area contributed by atoms with Crippen molar-refractivity contribution >= 4 is 11.6 Å². The SMILES string of the molecule is CCCC1CC(=O)N(Cc2ccccc2N)C1. The molecule has 1 atom stereocenters. The molecule has 0 spiro atoms. The monoisotopic (exact) mass is 232 g/mol. The number of nitrogens with two attached hydrogens (primary N) is 1. The number of hydrogen-bond donors (Lipinski definition) is 1. The van der Waals surface area contributed by atoms with E-state index in [1.165, 1.54) is 0 Å². The molecule has 1 unspecified atom stereocenters. The van der Waals surface area contributed by atoms with Crippen molar-refractivity contribution in [2.45, 2.75) is 32.7 Å². The van der Waals surface area contributed by atoms with Gasteiger partial charge < -0.3 is 10.6 Å². The molecule has 0 radical (unpaired) electrons. The fourth-order valence-electron chi connectivity index (χ4n) is 2.49. The van der Waals surface area contributed by atoms with Crippen molar-refractivity contribution in [2.75, 3.05) is 12.3 Å². The first-order chi connectivity index (χ1) is 8.20. The molecule has 17 heavy (non-hydrogen) atoms. The minimum absolute atomic E-state index is 0.270. The summed E-state index contributed by atoms with van der Waals surface area (Å²) in [5.41, 5.74) is 7.73. The molecule has 1 heterocycles. The lowest BCUT2D eigenvalue weighted by Gasteiger charge is -2.17. The Hall–Kier alpha value is -1.51. The molecule has 1 fully saturated rings. The number of carbonyl (C=O) groups is 1. The molecule has 0 saturated carbocycles. The van der Waals surface area contributed by atoms with E-state index in [-0.39, 0.29) is 5.91 Å². The van der Waals surface area contributed by atoms with Gasteiger partial charge in [-0.25, -0.2) is 0 Å². The molecule has 1 aliphatic rings. The lowest BCUT2D eigenvalue weighted by molar-refractivity contribution is -0.128. The highest BCUT2D eigenvalue weighted by molar-refractivity contribution is 5.78. The molecule has 2 N–H and O–H groups in total. The Kier molecular flexibility index (Phi) is 3.67. The van der Waals surface area contributed by atoms with Crippen LogP contribution in [0.15, 0.2) is 24.3 Å². The summed E-state index contributed by atoms with van der Waals surface area (Å²) >= 11 is 0. The van der Waals surface area contributed by atoms with Gasteiger partial charge in [-0.05, 0) is 24.0 Å². The van der Waals surface area contributed by atoms with Crippen LogP contribution in [-0.2, 0) is 11.3 Å². The van der Waals surface area contributed by atoms with Crippen LogP contribution in [0.3, 0.4) is 0 Å². The van der Waals surface area contributed by atoms with Crippen LogP contribution in [-0.4, -0.2) is 17.4 Å². The van der Waals surface area contributed by atoms with Gasteiger partial charge in [0.1, 0.15) is 0 Å². The third kappa shape index (κ3) is 2.78. The Morgan fingerprint density at radius 3 is 2.88 bits per heavy atom. The minimum atomic E-state index is 0.270. The lowest BCUT2D eigenvalue weighted by Crippen LogP contribution is -2.25. The van der Waals surface area contributed by atoms with Crippen LogP contribution in [0.4, 0.5) is 5.69 Å². The highest BCUT2D eigenvalue weighted by Crippen LogP contribution is 2.24. The highest BCUT2D eigenvalue weighted by Gasteiger charge is 2.28. The second kappa shape index (κ2) is 5.21. The van der Waals surface area contributed by atoms with Gasteiger partial charge in [-0.1, -0.05) is 31.5 Å². The van der Waals surface area contributed by atoms with Gasteiger partial charge in [0.15, 0.2) is 0 Å². The molecule has 0 aliphatic carbocycles. The smallest absolute Gasteiger partial charge is 0.223 e. The molecule has 3 nitrogen and oxygen atoms in total. The summed E-state index contributed by atoms with van der Waals surface area (Å²) in [6.45, 7) is 3.72. The summed E-state index contributed by atoms with van der Waals surface area (Å²) in [7, 11) is 0. The van der Waals surface area contributed by atoms with E-state index in [0.717, 1.165) is 30.6 Å². The summed E-state index contributed by atoms with van der Waals surface area (Å²) in [4.78, 5) is 13.8. The van der Waals surface area contributed by atoms with Crippen LogP contribution in [0.2, 0.25) is 0 Å². The summed E-state index contributed by atoms with van der Waals surface area (Å²) in [6, 6.07) is 7.77. The number of amides is 1. The summed E-state index contributed by atoms with van der Waals surface area (Å²) < 4.78 is 0. The van der Waals surface area contributed by atoms with Gasteiger partial charge in [0.2, 0.25) is 5.91 Å². The Morgan fingerprint density at radius 1 is 1.41 bits per heavy atom. The van der Waals surface area contributed by atoms with E-state index in [2.05, 4.69) is 6.92 Å². The van der Waals surface area contributed by atoms with Crippen LogP contribution in [0.1, 0.15) is 31.7 Å². The zero-order valence-electron chi connectivity index (χ0n) is 10.4. The second-order valence-corrected chi connectivity index (χ2v) is 4.83. The van der Waals surface area contributed by atoms with Crippen molar-refractivity contribution in [3.8, 4) is 0 Å². The van der Waals surface area contributed by atoms with Crippen LogP contribution in [0.25, 0.3) is 0 Å². The van der Waals surface area contributed by atoms with E-state index in [0.29, 0.717) is 18.9 Å². The highest BCUT2D eigenvalue weighted by atomic mass is 16.2. The van der Waals surface area contributed by atoms with E-state index in [4.69, 9.17) is 5.73 Å². The molecule has 0 bridgehead atoms. The quantitative estimate of drug-likeness (QED) is 0.810. The average molecular weight is 232 g/mol. The molecule has 1 amide bonds. The number of rotatable bonds is 4. The molecule has 1 aliphatic heterocycles. The Balaban J connectivity index is 2.00. The predicted molar refractivity (Wildman–Crippen MR) is 69.3 cm³/mol. The number of para-hydroxylation sites is 1. The zero-order valence-corrected chi connectivity index (χ0v) is 10.4. The molecular weight excluding hydrogens is 212 g/mol. The Morgan fingerprint density at radius 2 is 2.18 bits per heavy atom. The van der Waals surface area contributed by atoms with Crippen LogP contribution >= 0.6 is 0 Å². The van der Waals surface area contributed by atoms with Gasteiger partial charge in [-0.3, -0.25) is 4.79 Å². The van der Waals surface area contributed by atoms with E-state index in [1.54, 1.807) is 0 Å². The number of nitrogen functional groups attached to an aromatic ring is 1. The van der Waals surface area contributed by atoms with Crippen molar-refractivity contribution in [3.05, 3.63) is 29.8 Å². The van der Waals surface area contributed by atoms with Gasteiger partial charge in [0.25, 0.3) is 0 Å². The normalized spacial score (nSPS) is 19.9. The van der Waals surface area contributed by atoms with Gasteiger partial charge in [0.05, 0.1) is 0 Å². The number of carbonyl (C=O) groups excluding carboxylic acids is 1. The maximum absolute atomic E-state index is 11.9. The molecule has 92 valence electrons. The van der Waals surface area contributed by atoms with Gasteiger partial charge in [-0.15, -0.1) is 0 Å². The largest absolute Gasteiger partial charge is 0.398 e. The van der Waals surface area contributed by atoms with Gasteiger partial charge in [-0.2, -0.15) is 0 Å². The third-order valence-electron chi connectivity index (χ3n) is 3.41. The third-order valence-corrected chi connectivity index (χ3v) is 3.41.